The van der Waals surface area contributed by atoms with Crippen molar-refractivity contribution in [3.8, 4) is 0 Å². The van der Waals surface area contributed by atoms with Gasteiger partial charge >= 0.3 is 0 Å². The molecule has 0 unspecified atom stereocenters. The zero-order chi connectivity index (χ0) is 16.8. The van der Waals surface area contributed by atoms with Gasteiger partial charge in [-0.05, 0) is 30.7 Å². The number of nitrogens with zero attached hydrogens (tertiary/aromatic N) is 2. The van der Waals surface area contributed by atoms with Gasteiger partial charge in [-0.3, -0.25) is 4.79 Å². The van der Waals surface area contributed by atoms with Gasteiger partial charge in [0.1, 0.15) is 5.69 Å². The molecule has 0 spiro atoms. The van der Waals surface area contributed by atoms with Crippen LogP contribution in [0.1, 0.15) is 30.3 Å². The third-order valence-corrected chi connectivity index (χ3v) is 3.38. The van der Waals surface area contributed by atoms with Gasteiger partial charge < -0.3 is 10.2 Å². The minimum atomic E-state index is -0.924. The number of aromatic nitrogens is 1. The maximum atomic E-state index is 13.2. The highest BCUT2D eigenvalue weighted by Crippen LogP contribution is 2.18. The second-order valence-electron chi connectivity index (χ2n) is 5.27. The lowest BCUT2D eigenvalue weighted by molar-refractivity contribution is 0.0787. The van der Waals surface area contributed by atoms with Crippen LogP contribution in [-0.4, -0.2) is 29.4 Å². The monoisotopic (exact) mass is 319 g/mol. The lowest BCUT2D eigenvalue weighted by atomic mass is 10.2. The SMILES string of the molecule is CCCCN(C)C(=O)c1ccc(Nc2ccc(F)c(F)c2)cn1. The van der Waals surface area contributed by atoms with E-state index in [1.165, 1.54) is 12.3 Å². The Morgan fingerprint density at radius 1 is 1.17 bits per heavy atom. The fourth-order valence-electron chi connectivity index (χ4n) is 2.03. The third kappa shape index (κ3) is 4.48. The largest absolute Gasteiger partial charge is 0.354 e. The van der Waals surface area contributed by atoms with Gasteiger partial charge in [0.2, 0.25) is 0 Å². The predicted molar refractivity (Wildman–Crippen MR) is 85.7 cm³/mol. The first-order chi connectivity index (χ1) is 11.0. The molecule has 1 aromatic carbocycles. The van der Waals surface area contributed by atoms with E-state index >= 15 is 0 Å². The molecule has 0 aliphatic rings. The molecule has 23 heavy (non-hydrogen) atoms. The number of unbranched alkanes of at least 4 members (excludes halogenated alkanes) is 1. The van der Waals surface area contributed by atoms with Gasteiger partial charge in [0.15, 0.2) is 11.6 Å². The zero-order valence-electron chi connectivity index (χ0n) is 13.1. The van der Waals surface area contributed by atoms with E-state index in [1.807, 2.05) is 0 Å². The summed E-state index contributed by atoms with van der Waals surface area (Å²) in [5.41, 5.74) is 1.34. The highest BCUT2D eigenvalue weighted by atomic mass is 19.2. The summed E-state index contributed by atoms with van der Waals surface area (Å²) >= 11 is 0. The van der Waals surface area contributed by atoms with E-state index in [-0.39, 0.29) is 5.91 Å². The molecule has 6 heteroatoms. The van der Waals surface area contributed by atoms with Crippen molar-refractivity contribution in [2.75, 3.05) is 18.9 Å². The van der Waals surface area contributed by atoms with Gasteiger partial charge in [-0.1, -0.05) is 13.3 Å². The fourth-order valence-corrected chi connectivity index (χ4v) is 2.03. The van der Waals surface area contributed by atoms with Crippen LogP contribution in [0.15, 0.2) is 36.5 Å². The Hall–Kier alpha value is -2.50. The molecule has 122 valence electrons. The van der Waals surface area contributed by atoms with Crippen LogP contribution in [0.4, 0.5) is 20.2 Å². The number of halogens is 2. The van der Waals surface area contributed by atoms with Crippen LogP contribution < -0.4 is 5.32 Å². The lowest BCUT2D eigenvalue weighted by Crippen LogP contribution is -2.28. The number of pyridine rings is 1. The van der Waals surface area contributed by atoms with E-state index < -0.39 is 11.6 Å². The second-order valence-corrected chi connectivity index (χ2v) is 5.27. The first kappa shape index (κ1) is 16.9. The highest BCUT2D eigenvalue weighted by molar-refractivity contribution is 5.92. The Labute approximate surface area is 134 Å². The van der Waals surface area contributed by atoms with Crippen molar-refractivity contribution in [1.29, 1.82) is 0 Å². The summed E-state index contributed by atoms with van der Waals surface area (Å²) in [6.07, 6.45) is 3.45. The fraction of sp³-hybridized carbons (Fsp3) is 0.294. The summed E-state index contributed by atoms with van der Waals surface area (Å²) in [4.78, 5) is 17.9. The minimum absolute atomic E-state index is 0.141. The molecule has 1 N–H and O–H groups in total. The summed E-state index contributed by atoms with van der Waals surface area (Å²) in [5.74, 6) is -1.96. The van der Waals surface area contributed by atoms with E-state index in [4.69, 9.17) is 0 Å². The molecule has 0 bridgehead atoms. The van der Waals surface area contributed by atoms with Crippen molar-refractivity contribution >= 4 is 17.3 Å². The minimum Gasteiger partial charge on any atom is -0.354 e. The van der Waals surface area contributed by atoms with E-state index in [0.717, 1.165) is 25.0 Å². The Morgan fingerprint density at radius 3 is 2.52 bits per heavy atom. The number of carbonyl (C=O) groups excluding carboxylic acids is 1. The topological polar surface area (TPSA) is 45.2 Å². The molecule has 0 aliphatic carbocycles. The number of carbonyl (C=O) groups is 1. The standard InChI is InChI=1S/C17H19F2N3O/c1-3-4-9-22(2)17(23)16-8-6-13(11-20-16)21-12-5-7-14(18)15(19)10-12/h5-8,10-11,21H,3-4,9H2,1-2H3. The lowest BCUT2D eigenvalue weighted by Gasteiger charge is -2.16. The van der Waals surface area contributed by atoms with Crippen molar-refractivity contribution in [2.24, 2.45) is 0 Å². The van der Waals surface area contributed by atoms with Crippen molar-refractivity contribution in [3.05, 3.63) is 53.9 Å². The van der Waals surface area contributed by atoms with Gasteiger partial charge in [0, 0.05) is 25.3 Å². The van der Waals surface area contributed by atoms with Gasteiger partial charge in [-0.2, -0.15) is 0 Å². The predicted octanol–water partition coefficient (Wildman–Crippen LogP) is 3.98. The number of hydrogen-bond acceptors (Lipinski definition) is 3. The van der Waals surface area contributed by atoms with Gasteiger partial charge in [0.25, 0.3) is 5.91 Å². The molecule has 2 aromatic rings. The van der Waals surface area contributed by atoms with Crippen LogP contribution in [0.25, 0.3) is 0 Å². The van der Waals surface area contributed by atoms with E-state index in [2.05, 4.69) is 17.2 Å². The van der Waals surface area contributed by atoms with Crippen LogP contribution in [0, 0.1) is 11.6 Å². The Kier molecular flexibility index (Phi) is 5.62. The average molecular weight is 319 g/mol. The molecule has 2 rings (SSSR count). The molecule has 1 aromatic heterocycles. The normalized spacial score (nSPS) is 10.4. The Bertz CT molecular complexity index is 674. The molecule has 0 atom stereocenters. The maximum Gasteiger partial charge on any atom is 0.272 e. The number of anilines is 2. The second kappa shape index (κ2) is 7.67. The number of amides is 1. The maximum absolute atomic E-state index is 13.2. The number of hydrogen-bond donors (Lipinski definition) is 1. The molecule has 0 saturated heterocycles. The van der Waals surface area contributed by atoms with Gasteiger partial charge in [-0.15, -0.1) is 0 Å². The first-order valence-electron chi connectivity index (χ1n) is 7.45. The summed E-state index contributed by atoms with van der Waals surface area (Å²) in [5, 5.41) is 2.91. The van der Waals surface area contributed by atoms with E-state index in [1.54, 1.807) is 24.1 Å². The van der Waals surface area contributed by atoms with Crippen molar-refractivity contribution < 1.29 is 13.6 Å². The molecule has 0 saturated carbocycles. The van der Waals surface area contributed by atoms with Crippen molar-refractivity contribution in [1.82, 2.24) is 9.88 Å². The Morgan fingerprint density at radius 2 is 1.91 bits per heavy atom. The van der Waals surface area contributed by atoms with Gasteiger partial charge in [-0.25, -0.2) is 13.8 Å². The number of benzene rings is 1. The highest BCUT2D eigenvalue weighted by Gasteiger charge is 2.12. The van der Waals surface area contributed by atoms with E-state index in [0.29, 0.717) is 23.6 Å². The zero-order valence-corrected chi connectivity index (χ0v) is 13.1. The molecule has 0 aliphatic heterocycles. The number of nitrogens with one attached hydrogen (secondary N) is 1. The molecule has 1 amide bonds. The van der Waals surface area contributed by atoms with Crippen LogP contribution in [-0.2, 0) is 0 Å². The van der Waals surface area contributed by atoms with Crippen LogP contribution >= 0.6 is 0 Å². The van der Waals surface area contributed by atoms with Crippen LogP contribution in [0.3, 0.4) is 0 Å². The summed E-state index contributed by atoms with van der Waals surface area (Å²) in [6, 6.07) is 6.82. The average Bonchev–Trinajstić information content (AvgIpc) is 2.56. The molecule has 1 heterocycles. The summed E-state index contributed by atoms with van der Waals surface area (Å²) in [7, 11) is 1.74. The van der Waals surface area contributed by atoms with Gasteiger partial charge in [0.05, 0.1) is 11.9 Å². The summed E-state index contributed by atoms with van der Waals surface area (Å²) in [6.45, 7) is 2.75. The smallest absolute Gasteiger partial charge is 0.272 e. The molecular formula is C17H19F2N3O. The summed E-state index contributed by atoms with van der Waals surface area (Å²) < 4.78 is 26.0. The quantitative estimate of drug-likeness (QED) is 0.876. The van der Waals surface area contributed by atoms with Crippen LogP contribution in [0.5, 0.6) is 0 Å². The van der Waals surface area contributed by atoms with Crippen LogP contribution in [0.2, 0.25) is 0 Å². The molecule has 0 fully saturated rings. The number of rotatable bonds is 6. The Balaban J connectivity index is 2.04. The van der Waals surface area contributed by atoms with Crippen molar-refractivity contribution in [3.63, 3.8) is 0 Å². The molecular weight excluding hydrogens is 300 g/mol. The molecule has 4 nitrogen and oxygen atoms in total. The third-order valence-electron chi connectivity index (χ3n) is 3.38. The van der Waals surface area contributed by atoms with Crippen molar-refractivity contribution in [2.45, 2.75) is 19.8 Å². The van der Waals surface area contributed by atoms with E-state index in [9.17, 15) is 13.6 Å². The first-order valence-corrected chi connectivity index (χ1v) is 7.45. The molecule has 0 radical (unpaired) electrons.